The van der Waals surface area contributed by atoms with Crippen molar-refractivity contribution in [3.63, 3.8) is 0 Å². The van der Waals surface area contributed by atoms with E-state index in [1.807, 2.05) is 32.7 Å². The maximum atomic E-state index is 15.5. The van der Waals surface area contributed by atoms with E-state index in [4.69, 9.17) is 37.9 Å². The molecule has 6 fully saturated rings. The third-order valence-corrected chi connectivity index (χ3v) is 23.4. The van der Waals surface area contributed by atoms with Crippen LogP contribution in [-0.2, 0) is 42.3 Å². The van der Waals surface area contributed by atoms with Crippen molar-refractivity contribution in [2.24, 2.45) is 0 Å². The molecule has 3 aromatic rings. The minimum Gasteiger partial charge on any atom is -0.493 e. The largest absolute Gasteiger partial charge is 0.493 e. The molecule has 22 nitrogen and oxygen atoms in total. The number of esters is 4. The fourth-order valence-corrected chi connectivity index (χ4v) is 19.9. The first-order chi connectivity index (χ1) is 41.1. The van der Waals surface area contributed by atoms with Crippen LogP contribution in [0.1, 0.15) is 127 Å². The van der Waals surface area contributed by atoms with Crippen molar-refractivity contribution < 1.29 is 66.7 Å². The summed E-state index contributed by atoms with van der Waals surface area (Å²) in [4.78, 5) is 85.0. The molecule has 0 aliphatic carbocycles. The number of thioether (sulfide) groups is 3. The van der Waals surface area contributed by atoms with Crippen LogP contribution in [0.4, 0.5) is 9.59 Å². The zero-order valence-corrected chi connectivity index (χ0v) is 50.7. The van der Waals surface area contributed by atoms with E-state index in [-0.39, 0.29) is 90.1 Å². The van der Waals surface area contributed by atoms with Gasteiger partial charge in [0.05, 0.1) is 61.1 Å². The van der Waals surface area contributed by atoms with Gasteiger partial charge in [0.1, 0.15) is 18.4 Å². The molecule has 0 radical (unpaired) electrons. The van der Waals surface area contributed by atoms with Gasteiger partial charge in [0.15, 0.2) is 40.0 Å². The topological polar surface area (TPSA) is 267 Å². The summed E-state index contributed by atoms with van der Waals surface area (Å²) < 4.78 is 50.3. The lowest BCUT2D eigenvalue weighted by molar-refractivity contribution is -0.157. The summed E-state index contributed by atoms with van der Waals surface area (Å²) in [6, 6.07) is 5.05. The van der Waals surface area contributed by atoms with E-state index in [1.54, 1.807) is 31.0 Å². The van der Waals surface area contributed by atoms with Gasteiger partial charge >= 0.3 is 35.9 Å². The standard InChI is InChI=1S/C60H70N8O14S3/c1-27-17-31-18-36-37(22-61)68-38-23-77-57(72)60(33-21-39(75-5)40(19-30(33)15-16-62-60)81-42(70)13-9-7-11-32-20-34-56(85-32)66-59(74)63-34)25-84-55(46-45(38)53-52(78-26-79-53)28(2)51(46)80-29(3)69)49(68)48(67(36)4)44(31)54(50(27)76-6)82-43(71)14-10-8-12-41-47-35(24-83-41)64-58(73)65-47/h17,19,21,32,34-38,41,47-49,55-56,62H,7-16,18,20,23-26H2,1-6H3,(H2,63,66,74)(H2,64,65,73)/t32-,34?,35?,36+,37-,38-,41?,47?,48-,49?,55+,56?,60+/m0/s1. The summed E-state index contributed by atoms with van der Waals surface area (Å²) in [5, 5.41) is 27.2. The van der Waals surface area contributed by atoms with Gasteiger partial charge in [-0.25, -0.2) is 14.4 Å². The lowest BCUT2D eigenvalue weighted by atomic mass is 9.71. The molecule has 11 heterocycles. The molecular formula is C60H70N8O14S3. The third-order valence-electron chi connectivity index (χ3n) is 18.9. The first kappa shape index (κ1) is 57.8. The van der Waals surface area contributed by atoms with Crippen LogP contribution < -0.4 is 59.7 Å². The number of carbonyl (C=O) groups is 6. The SMILES string of the molecule is COc1cc2c(cc1OC(=O)CCCC[C@H]1CC3NC(=O)NC3S1)CCN[C@]21CS[C@@H]2c3c(OC(C)=O)c(C)c4c(c3[C@H](COC1=O)N1C2[C@@H]2c3c(cc(C)c(OC)c3OC(=O)CCCCC3SCC5NC(=O)NC53)C[C@H]([C@@H]1C#N)N2C)OCO4. The molecule has 5 N–H and O–H groups in total. The van der Waals surface area contributed by atoms with Crippen LogP contribution >= 0.6 is 35.3 Å². The van der Waals surface area contributed by atoms with Gasteiger partial charge in [-0.1, -0.05) is 18.9 Å². The Morgan fingerprint density at radius 2 is 1.58 bits per heavy atom. The maximum absolute atomic E-state index is 15.5. The number of benzene rings is 3. The molecule has 14 rings (SSSR count). The van der Waals surface area contributed by atoms with Gasteiger partial charge in [-0.3, -0.25) is 29.5 Å². The Morgan fingerprint density at radius 3 is 2.34 bits per heavy atom. The average molecular weight is 1220 g/mol. The Bertz CT molecular complexity index is 3310. The number of hydrogen-bond donors (Lipinski definition) is 5. The number of piperazine rings is 1. The number of fused-ring (bicyclic) bond motifs is 11. The molecule has 4 amide bonds. The summed E-state index contributed by atoms with van der Waals surface area (Å²) in [5.41, 5.74) is 4.05. The van der Waals surface area contributed by atoms with Crippen molar-refractivity contribution >= 4 is 71.2 Å². The first-order valence-electron chi connectivity index (χ1n) is 29.4. The molecule has 25 heteroatoms. The van der Waals surface area contributed by atoms with Crippen LogP contribution in [0.25, 0.3) is 0 Å². The average Bonchev–Trinajstić information content (AvgIpc) is 1.32. The number of aryl methyl sites for hydroxylation is 1. The number of amides is 4. The van der Waals surface area contributed by atoms with Crippen molar-refractivity contribution in [2.45, 2.75) is 166 Å². The Hall–Kier alpha value is -6.30. The van der Waals surface area contributed by atoms with Crippen LogP contribution in [0.5, 0.6) is 40.2 Å². The fraction of sp³-hybridized carbons (Fsp3) is 0.583. The van der Waals surface area contributed by atoms with E-state index in [0.29, 0.717) is 82.7 Å². The predicted octanol–water partition coefficient (Wildman–Crippen LogP) is 6.19. The van der Waals surface area contributed by atoms with Gasteiger partial charge in [-0.15, -0.1) is 23.5 Å². The highest BCUT2D eigenvalue weighted by molar-refractivity contribution is 8.01. The molecule has 0 saturated carbocycles. The summed E-state index contributed by atoms with van der Waals surface area (Å²) >= 11 is 5.06. The van der Waals surface area contributed by atoms with Gasteiger partial charge in [0, 0.05) is 82.7 Å². The van der Waals surface area contributed by atoms with Gasteiger partial charge in [-0.05, 0) is 100 Å². The van der Waals surface area contributed by atoms with E-state index in [2.05, 4.69) is 48.5 Å². The van der Waals surface area contributed by atoms with Gasteiger partial charge in [0.25, 0.3) is 0 Å². The normalized spacial score (nSPS) is 30.9. The van der Waals surface area contributed by atoms with Crippen LogP contribution in [0.2, 0.25) is 0 Å². The minimum absolute atomic E-state index is 0.0586. The Labute approximate surface area is 505 Å². The quantitative estimate of drug-likeness (QED) is 0.0492. The number of hydrogen-bond acceptors (Lipinski definition) is 21. The third kappa shape index (κ3) is 10.0. The number of methoxy groups -OCH3 is 2. The fourth-order valence-electron chi connectivity index (χ4n) is 15.1. The second kappa shape index (κ2) is 23.1. The number of rotatable bonds is 15. The van der Waals surface area contributed by atoms with Crippen LogP contribution in [0.3, 0.4) is 0 Å². The molecule has 1 spiro atoms. The van der Waals surface area contributed by atoms with Gasteiger partial charge < -0.3 is 59.2 Å². The maximum Gasteiger partial charge on any atom is 0.331 e. The van der Waals surface area contributed by atoms with Gasteiger partial charge in [0.2, 0.25) is 6.79 Å². The monoisotopic (exact) mass is 1220 g/mol. The smallest absolute Gasteiger partial charge is 0.331 e. The second-order valence-electron chi connectivity index (χ2n) is 23.8. The van der Waals surface area contributed by atoms with E-state index >= 15 is 4.79 Å². The number of ether oxygens (including phenoxy) is 8. The van der Waals surface area contributed by atoms with Crippen molar-refractivity contribution in [1.82, 2.24) is 36.4 Å². The molecule has 11 aliphatic rings. The highest BCUT2D eigenvalue weighted by Crippen LogP contribution is 2.65. The molecular weight excluding hydrogens is 1150 g/mol. The summed E-state index contributed by atoms with van der Waals surface area (Å²) in [6.07, 6.45) is 6.64. The molecule has 452 valence electrons. The summed E-state index contributed by atoms with van der Waals surface area (Å²) in [5.74, 6) is 1.28. The number of carbonyl (C=O) groups excluding carboxylic acids is 6. The zero-order chi connectivity index (χ0) is 59.2. The van der Waals surface area contributed by atoms with Crippen molar-refractivity contribution in [3.8, 4) is 46.3 Å². The van der Waals surface area contributed by atoms with Gasteiger partial charge in [-0.2, -0.15) is 17.0 Å². The molecule has 3 aromatic carbocycles. The Morgan fingerprint density at radius 1 is 0.812 bits per heavy atom. The lowest BCUT2D eigenvalue weighted by Gasteiger charge is -2.62. The van der Waals surface area contributed by atoms with E-state index in [0.717, 1.165) is 60.1 Å². The number of nitriles is 1. The van der Waals surface area contributed by atoms with Crippen molar-refractivity contribution in [3.05, 3.63) is 62.7 Å². The highest BCUT2D eigenvalue weighted by atomic mass is 32.2. The molecule has 13 atom stereocenters. The molecule has 11 aliphatic heterocycles. The van der Waals surface area contributed by atoms with E-state index < -0.39 is 64.9 Å². The predicted molar refractivity (Wildman–Crippen MR) is 314 cm³/mol. The lowest BCUT2D eigenvalue weighted by Crippen LogP contribution is -2.69. The summed E-state index contributed by atoms with van der Waals surface area (Å²) in [6.45, 7) is 5.09. The minimum atomic E-state index is -1.50. The number of likely N-dealkylation sites (N-methyl/N-ethyl adjacent to an activating group) is 1. The first-order valence-corrected chi connectivity index (χ1v) is 32.4. The molecule has 85 heavy (non-hydrogen) atoms. The zero-order valence-electron chi connectivity index (χ0n) is 48.3. The number of nitrogens with zero attached hydrogens (tertiary/aromatic N) is 3. The number of urea groups is 2. The number of unbranched alkanes of at least 4 members (excludes halogenated alkanes) is 2. The van der Waals surface area contributed by atoms with Crippen molar-refractivity contribution in [1.29, 1.82) is 5.26 Å². The second-order valence-corrected chi connectivity index (χ2v) is 27.6. The number of nitrogens with one attached hydrogen (secondary N) is 5. The summed E-state index contributed by atoms with van der Waals surface area (Å²) in [7, 11) is 5.05. The van der Waals surface area contributed by atoms with E-state index in [1.165, 1.54) is 25.8 Å². The van der Waals surface area contributed by atoms with Crippen LogP contribution in [0.15, 0.2) is 18.2 Å². The van der Waals surface area contributed by atoms with E-state index in [9.17, 15) is 29.2 Å². The van der Waals surface area contributed by atoms with Crippen LogP contribution in [-0.4, -0.2) is 151 Å². The van der Waals surface area contributed by atoms with Crippen molar-refractivity contribution in [2.75, 3.05) is 52.7 Å². The molecule has 6 saturated heterocycles. The van der Waals surface area contributed by atoms with Crippen LogP contribution in [0, 0.1) is 25.2 Å². The Kier molecular flexibility index (Phi) is 15.7. The molecule has 4 bridgehead atoms. The highest BCUT2D eigenvalue weighted by Gasteiger charge is 2.62. The molecule has 0 aromatic heterocycles. The molecule has 6 unspecified atom stereocenters. The Balaban J connectivity index is 0.848.